The van der Waals surface area contributed by atoms with Crippen LogP contribution in [0.3, 0.4) is 0 Å². The van der Waals surface area contributed by atoms with Gasteiger partial charge in [-0.3, -0.25) is 9.20 Å². The van der Waals surface area contributed by atoms with Crippen LogP contribution in [0.1, 0.15) is 23.9 Å². The van der Waals surface area contributed by atoms with Crippen LogP contribution >= 0.6 is 11.3 Å². The molecule has 0 fully saturated rings. The van der Waals surface area contributed by atoms with Crippen LogP contribution in [0.25, 0.3) is 5.65 Å². The minimum absolute atomic E-state index is 0.00334. The topological polar surface area (TPSA) is 64.2 Å². The zero-order valence-electron chi connectivity index (χ0n) is 13.4. The highest BCUT2D eigenvalue weighted by Gasteiger charge is 2.18. The zero-order chi connectivity index (χ0) is 17.1. The molecular formula is C18H17N5OS. The van der Waals surface area contributed by atoms with Gasteiger partial charge in [-0.25, -0.2) is 0 Å². The molecule has 4 aromatic heterocycles. The van der Waals surface area contributed by atoms with Gasteiger partial charge in [-0.1, -0.05) is 6.07 Å². The zero-order valence-corrected chi connectivity index (χ0v) is 14.3. The fourth-order valence-corrected chi connectivity index (χ4v) is 3.56. The monoisotopic (exact) mass is 351 g/mol. The number of carbonyl (C=O) groups is 1. The molecule has 0 aromatic carbocycles. The fraction of sp³-hybridized carbons (Fsp3) is 0.167. The third-order valence-corrected chi connectivity index (χ3v) is 4.82. The Hall–Kier alpha value is -2.93. The number of hydrogen-bond acceptors (Lipinski definition) is 4. The van der Waals surface area contributed by atoms with Crippen LogP contribution in [0.15, 0.2) is 65.7 Å². The highest BCUT2D eigenvalue weighted by molar-refractivity contribution is 7.08. The van der Waals surface area contributed by atoms with Gasteiger partial charge in [-0.15, -0.1) is 10.2 Å². The first kappa shape index (κ1) is 15.6. The molecule has 4 aromatic rings. The molecule has 7 heteroatoms. The summed E-state index contributed by atoms with van der Waals surface area (Å²) in [6.07, 6.45) is 6.25. The summed E-state index contributed by atoms with van der Waals surface area (Å²) in [5.41, 5.74) is 1.92. The molecule has 0 spiro atoms. The molecule has 126 valence electrons. The van der Waals surface area contributed by atoms with Crippen molar-refractivity contribution in [1.82, 2.24) is 24.5 Å². The Labute approximate surface area is 148 Å². The van der Waals surface area contributed by atoms with Crippen molar-refractivity contribution in [1.29, 1.82) is 0 Å². The number of carbonyl (C=O) groups excluding carboxylic acids is 1. The third kappa shape index (κ3) is 3.32. The van der Waals surface area contributed by atoms with E-state index in [4.69, 9.17) is 0 Å². The summed E-state index contributed by atoms with van der Waals surface area (Å²) in [6.45, 7) is 0.353. The highest BCUT2D eigenvalue weighted by Crippen LogP contribution is 2.24. The maximum absolute atomic E-state index is 12.5. The summed E-state index contributed by atoms with van der Waals surface area (Å²) >= 11 is 1.64. The van der Waals surface area contributed by atoms with E-state index in [1.54, 1.807) is 11.3 Å². The van der Waals surface area contributed by atoms with Gasteiger partial charge in [0.2, 0.25) is 5.91 Å². The minimum Gasteiger partial charge on any atom is -0.349 e. The number of nitrogens with one attached hydrogen (secondary N) is 1. The van der Waals surface area contributed by atoms with E-state index in [-0.39, 0.29) is 11.9 Å². The Morgan fingerprint density at radius 2 is 1.96 bits per heavy atom. The van der Waals surface area contributed by atoms with Gasteiger partial charge in [-0.2, -0.15) is 11.3 Å². The van der Waals surface area contributed by atoms with Gasteiger partial charge >= 0.3 is 0 Å². The molecule has 1 N–H and O–H groups in total. The second kappa shape index (κ2) is 6.90. The molecule has 4 rings (SSSR count). The lowest BCUT2D eigenvalue weighted by atomic mass is 10.1. The average Bonchev–Trinajstić information content (AvgIpc) is 3.40. The first-order valence-electron chi connectivity index (χ1n) is 8.01. The molecule has 0 radical (unpaired) electrons. The summed E-state index contributed by atoms with van der Waals surface area (Å²) in [6, 6.07) is 11.7. The van der Waals surface area contributed by atoms with Crippen molar-refractivity contribution in [2.45, 2.75) is 19.0 Å². The maximum atomic E-state index is 12.5. The molecular weight excluding hydrogens is 334 g/mol. The standard InChI is InChI=1S/C18H17N5OS/c24-18(19-12-17-21-20-16-5-1-2-9-23(16)17)11-15(14-6-10-25-13-14)22-7-3-4-8-22/h1-10,13,15H,11-12H2,(H,19,24)/t15-/m0/s1. The quantitative estimate of drug-likeness (QED) is 0.581. The third-order valence-electron chi connectivity index (χ3n) is 4.12. The summed E-state index contributed by atoms with van der Waals surface area (Å²) in [5, 5.41) is 15.3. The van der Waals surface area contributed by atoms with Crippen molar-refractivity contribution in [2.75, 3.05) is 0 Å². The predicted octanol–water partition coefficient (Wildman–Crippen LogP) is 2.89. The second-order valence-electron chi connectivity index (χ2n) is 5.73. The summed E-state index contributed by atoms with van der Waals surface area (Å²) in [4.78, 5) is 12.5. The van der Waals surface area contributed by atoms with Gasteiger partial charge in [-0.05, 0) is 46.7 Å². The molecule has 6 nitrogen and oxygen atoms in total. The maximum Gasteiger partial charge on any atom is 0.222 e. The van der Waals surface area contributed by atoms with Crippen LogP contribution in [-0.2, 0) is 11.3 Å². The number of fused-ring (bicyclic) bond motifs is 1. The van der Waals surface area contributed by atoms with E-state index in [0.717, 1.165) is 17.0 Å². The molecule has 0 aliphatic carbocycles. The second-order valence-corrected chi connectivity index (χ2v) is 6.51. The first-order valence-corrected chi connectivity index (χ1v) is 8.95. The van der Waals surface area contributed by atoms with Gasteiger partial charge in [0.25, 0.3) is 0 Å². The SMILES string of the molecule is O=C(C[C@@H](c1ccsc1)n1cccc1)NCc1nnc2ccccn12. The molecule has 0 aliphatic heterocycles. The average molecular weight is 351 g/mol. The number of pyridine rings is 1. The predicted molar refractivity (Wildman–Crippen MR) is 96.3 cm³/mol. The minimum atomic E-state index is -0.0161. The van der Waals surface area contributed by atoms with Gasteiger partial charge in [0, 0.05) is 18.6 Å². The van der Waals surface area contributed by atoms with Crippen molar-refractivity contribution in [3.05, 3.63) is 77.1 Å². The van der Waals surface area contributed by atoms with Crippen molar-refractivity contribution in [3.8, 4) is 0 Å². The number of aromatic nitrogens is 4. The Kier molecular flexibility index (Phi) is 4.30. The van der Waals surface area contributed by atoms with Crippen molar-refractivity contribution in [2.24, 2.45) is 0 Å². The number of nitrogens with zero attached hydrogens (tertiary/aromatic N) is 4. The summed E-state index contributed by atoms with van der Waals surface area (Å²) < 4.78 is 3.94. The van der Waals surface area contributed by atoms with E-state index >= 15 is 0 Å². The van der Waals surface area contributed by atoms with E-state index in [2.05, 4.69) is 31.5 Å². The van der Waals surface area contributed by atoms with E-state index < -0.39 is 0 Å². The number of thiophene rings is 1. The molecule has 1 amide bonds. The van der Waals surface area contributed by atoms with Crippen LogP contribution in [-0.4, -0.2) is 25.1 Å². The van der Waals surface area contributed by atoms with Crippen molar-refractivity contribution < 1.29 is 4.79 Å². The number of hydrogen-bond donors (Lipinski definition) is 1. The van der Waals surface area contributed by atoms with E-state index in [1.165, 1.54) is 0 Å². The molecule has 0 unspecified atom stereocenters. The van der Waals surface area contributed by atoms with Crippen LogP contribution in [0.4, 0.5) is 0 Å². The van der Waals surface area contributed by atoms with Crippen molar-refractivity contribution >= 4 is 22.9 Å². The lowest BCUT2D eigenvalue weighted by Crippen LogP contribution is -2.27. The van der Waals surface area contributed by atoms with Crippen molar-refractivity contribution in [3.63, 3.8) is 0 Å². The van der Waals surface area contributed by atoms with Gasteiger partial charge < -0.3 is 9.88 Å². The Balaban J connectivity index is 1.45. The molecule has 0 bridgehead atoms. The Morgan fingerprint density at radius 1 is 1.12 bits per heavy atom. The van der Waals surface area contributed by atoms with Crippen LogP contribution in [0.5, 0.6) is 0 Å². The fourth-order valence-electron chi connectivity index (χ4n) is 2.85. The summed E-state index contributed by atoms with van der Waals surface area (Å²) in [5.74, 6) is 0.703. The number of amides is 1. The van der Waals surface area contributed by atoms with Crippen LogP contribution < -0.4 is 5.32 Å². The lowest BCUT2D eigenvalue weighted by Gasteiger charge is -2.17. The Morgan fingerprint density at radius 3 is 2.76 bits per heavy atom. The molecule has 1 atom stereocenters. The van der Waals surface area contributed by atoms with Gasteiger partial charge in [0.05, 0.1) is 19.0 Å². The van der Waals surface area contributed by atoms with Crippen LogP contribution in [0, 0.1) is 0 Å². The number of rotatable bonds is 6. The largest absolute Gasteiger partial charge is 0.349 e. The smallest absolute Gasteiger partial charge is 0.222 e. The lowest BCUT2D eigenvalue weighted by molar-refractivity contribution is -0.121. The summed E-state index contributed by atoms with van der Waals surface area (Å²) in [7, 11) is 0. The van der Waals surface area contributed by atoms with E-state index in [0.29, 0.717) is 13.0 Å². The van der Waals surface area contributed by atoms with E-state index in [9.17, 15) is 4.79 Å². The normalized spacial score (nSPS) is 12.3. The first-order chi connectivity index (χ1) is 12.3. The van der Waals surface area contributed by atoms with Crippen LogP contribution in [0.2, 0.25) is 0 Å². The highest BCUT2D eigenvalue weighted by atomic mass is 32.1. The molecule has 4 heterocycles. The molecule has 0 aliphatic rings. The van der Waals surface area contributed by atoms with Gasteiger partial charge in [0.1, 0.15) is 0 Å². The molecule has 0 saturated heterocycles. The molecule has 25 heavy (non-hydrogen) atoms. The molecule has 0 saturated carbocycles. The van der Waals surface area contributed by atoms with E-state index in [1.807, 2.05) is 58.7 Å². The Bertz CT molecular complexity index is 924. The van der Waals surface area contributed by atoms with Gasteiger partial charge in [0.15, 0.2) is 11.5 Å².